The highest BCUT2D eigenvalue weighted by Gasteiger charge is 2.38. The minimum atomic E-state index is -0.227. The second-order valence-corrected chi connectivity index (χ2v) is 8.27. The number of thiophene rings is 1. The topological polar surface area (TPSA) is 87.7 Å². The predicted octanol–water partition coefficient (Wildman–Crippen LogP) is 4.73. The van der Waals surface area contributed by atoms with Gasteiger partial charge in [-0.1, -0.05) is 37.3 Å². The first kappa shape index (κ1) is 17.4. The van der Waals surface area contributed by atoms with Gasteiger partial charge in [-0.05, 0) is 31.4 Å². The van der Waals surface area contributed by atoms with Crippen molar-refractivity contribution in [2.45, 2.75) is 32.6 Å². The van der Waals surface area contributed by atoms with Crippen LogP contribution in [0.5, 0.6) is 5.88 Å². The summed E-state index contributed by atoms with van der Waals surface area (Å²) in [5.41, 5.74) is 10.6. The summed E-state index contributed by atoms with van der Waals surface area (Å²) in [6, 6.07) is 14.6. The van der Waals surface area contributed by atoms with Crippen LogP contribution < -0.4 is 10.5 Å². The Bertz CT molecular complexity index is 1070. The summed E-state index contributed by atoms with van der Waals surface area (Å²) in [6.45, 7) is 6.29. The number of nitrogens with two attached hydrogens (primary N) is 1. The van der Waals surface area contributed by atoms with Crippen LogP contribution in [0.15, 0.2) is 47.9 Å². The van der Waals surface area contributed by atoms with Crippen molar-refractivity contribution in [3.8, 4) is 23.2 Å². The van der Waals surface area contributed by atoms with Gasteiger partial charge in [0.15, 0.2) is 0 Å². The van der Waals surface area contributed by atoms with Gasteiger partial charge in [-0.3, -0.25) is 5.10 Å². The van der Waals surface area contributed by atoms with E-state index in [-0.39, 0.29) is 17.7 Å². The number of nitriles is 1. The van der Waals surface area contributed by atoms with Crippen LogP contribution in [0, 0.1) is 25.2 Å². The van der Waals surface area contributed by atoms with Gasteiger partial charge in [0, 0.05) is 21.2 Å². The number of rotatable bonds is 3. The van der Waals surface area contributed by atoms with E-state index in [0.29, 0.717) is 11.5 Å². The van der Waals surface area contributed by atoms with Gasteiger partial charge >= 0.3 is 0 Å². The molecule has 0 fully saturated rings. The number of aromatic amines is 1. The first-order chi connectivity index (χ1) is 13.0. The third-order valence-electron chi connectivity index (χ3n) is 5.12. The first-order valence-electron chi connectivity index (χ1n) is 8.79. The van der Waals surface area contributed by atoms with Crippen molar-refractivity contribution >= 4 is 11.3 Å². The van der Waals surface area contributed by atoms with Crippen LogP contribution in [-0.4, -0.2) is 10.2 Å². The summed E-state index contributed by atoms with van der Waals surface area (Å²) in [5.74, 6) is 0.402. The molecule has 1 aliphatic heterocycles. The molecule has 0 spiro atoms. The molecule has 0 bridgehead atoms. The fourth-order valence-corrected chi connectivity index (χ4v) is 4.75. The molecule has 1 aromatic carbocycles. The number of nitrogens with one attached hydrogen (secondary N) is 1. The van der Waals surface area contributed by atoms with Gasteiger partial charge in [-0.15, -0.1) is 16.4 Å². The quantitative estimate of drug-likeness (QED) is 0.692. The fraction of sp³-hybridized carbons (Fsp3) is 0.238. The number of hydrogen-bond donors (Lipinski definition) is 2. The Hall–Kier alpha value is -3.04. The largest absolute Gasteiger partial charge is 0.420 e. The van der Waals surface area contributed by atoms with Gasteiger partial charge in [-0.25, -0.2) is 0 Å². The summed E-state index contributed by atoms with van der Waals surface area (Å²) < 4.78 is 5.70. The van der Waals surface area contributed by atoms with E-state index in [1.54, 1.807) is 11.3 Å². The maximum atomic E-state index is 9.81. The van der Waals surface area contributed by atoms with Crippen LogP contribution in [-0.2, 0) is 0 Å². The second-order valence-electron chi connectivity index (χ2n) is 6.81. The van der Waals surface area contributed by atoms with Gasteiger partial charge in [0.05, 0.1) is 16.8 Å². The van der Waals surface area contributed by atoms with Crippen molar-refractivity contribution in [3.63, 3.8) is 0 Å². The monoisotopic (exact) mass is 376 g/mol. The smallest absolute Gasteiger partial charge is 0.244 e. The molecule has 3 heterocycles. The van der Waals surface area contributed by atoms with E-state index in [9.17, 15) is 5.26 Å². The van der Waals surface area contributed by atoms with Crippen molar-refractivity contribution in [2.24, 2.45) is 5.73 Å². The molecule has 1 aliphatic rings. The first-order valence-corrected chi connectivity index (χ1v) is 9.61. The minimum Gasteiger partial charge on any atom is -0.420 e. The molecule has 2 aromatic heterocycles. The van der Waals surface area contributed by atoms with E-state index >= 15 is 0 Å². The molecular weight excluding hydrogens is 356 g/mol. The number of aryl methyl sites for hydroxylation is 2. The molecule has 2 atom stereocenters. The molecule has 0 radical (unpaired) electrons. The molecule has 6 heteroatoms. The summed E-state index contributed by atoms with van der Waals surface area (Å²) in [5, 5.41) is 17.3. The van der Waals surface area contributed by atoms with Crippen molar-refractivity contribution in [2.75, 3.05) is 0 Å². The van der Waals surface area contributed by atoms with E-state index in [4.69, 9.17) is 10.5 Å². The lowest BCUT2D eigenvalue weighted by Gasteiger charge is -2.28. The van der Waals surface area contributed by atoms with Gasteiger partial charge in [0.2, 0.25) is 11.8 Å². The third kappa shape index (κ3) is 2.81. The number of ether oxygens (including phenoxy) is 1. The van der Waals surface area contributed by atoms with E-state index in [0.717, 1.165) is 22.4 Å². The molecule has 0 amide bonds. The van der Waals surface area contributed by atoms with E-state index < -0.39 is 0 Å². The maximum Gasteiger partial charge on any atom is 0.244 e. The highest BCUT2D eigenvalue weighted by molar-refractivity contribution is 7.12. The highest BCUT2D eigenvalue weighted by atomic mass is 32.1. The minimum absolute atomic E-state index is 0.0402. The lowest BCUT2D eigenvalue weighted by Crippen LogP contribution is -2.23. The lowest BCUT2D eigenvalue weighted by molar-refractivity contribution is 0.368. The Morgan fingerprint density at radius 3 is 2.67 bits per heavy atom. The zero-order chi connectivity index (χ0) is 19.1. The van der Waals surface area contributed by atoms with Crippen LogP contribution in [0.4, 0.5) is 0 Å². The molecule has 3 N–H and O–H groups in total. The summed E-state index contributed by atoms with van der Waals surface area (Å²) in [7, 11) is 0. The van der Waals surface area contributed by atoms with Crippen molar-refractivity contribution < 1.29 is 4.74 Å². The number of allylic oxidation sites excluding steroid dienone is 1. The average molecular weight is 376 g/mol. The Morgan fingerprint density at radius 2 is 2.04 bits per heavy atom. The highest BCUT2D eigenvalue weighted by Crippen LogP contribution is 2.49. The standard InChI is InChI=1S/C21H20N4OS/c1-11-9-15(13(3)27-11)19-18-17(12(2)14-7-5-4-6-8-14)16(10-22)20(23)26-21(18)25-24-19/h4-9,12,17H,23H2,1-3H3,(H,24,25)/t12-,17+/m1/s1. The molecule has 0 saturated carbocycles. The lowest BCUT2D eigenvalue weighted by atomic mass is 9.76. The van der Waals surface area contributed by atoms with Gasteiger partial charge in [0.1, 0.15) is 6.07 Å². The zero-order valence-corrected chi connectivity index (χ0v) is 16.2. The Balaban J connectivity index is 1.92. The van der Waals surface area contributed by atoms with Gasteiger partial charge < -0.3 is 10.5 Å². The fourth-order valence-electron chi connectivity index (χ4n) is 3.82. The van der Waals surface area contributed by atoms with Crippen molar-refractivity contribution in [1.29, 1.82) is 5.26 Å². The summed E-state index contributed by atoms with van der Waals surface area (Å²) in [6.07, 6.45) is 0. The Morgan fingerprint density at radius 1 is 1.30 bits per heavy atom. The number of fused-ring (bicyclic) bond motifs is 1. The number of benzene rings is 1. The van der Waals surface area contributed by atoms with Gasteiger partial charge in [-0.2, -0.15) is 5.26 Å². The summed E-state index contributed by atoms with van der Waals surface area (Å²) in [4.78, 5) is 2.43. The molecule has 3 aromatic rings. The number of H-pyrrole nitrogens is 1. The molecular formula is C21H20N4OS. The Labute approximate surface area is 162 Å². The van der Waals surface area contributed by atoms with Crippen LogP contribution in [0.1, 0.15) is 39.6 Å². The number of nitrogens with zero attached hydrogens (tertiary/aromatic N) is 2. The molecule has 0 unspecified atom stereocenters. The van der Waals surface area contributed by atoms with E-state index in [2.05, 4.69) is 55.2 Å². The normalized spacial score (nSPS) is 17.2. The van der Waals surface area contributed by atoms with Crippen LogP contribution in [0.25, 0.3) is 11.3 Å². The zero-order valence-electron chi connectivity index (χ0n) is 15.4. The predicted molar refractivity (Wildman–Crippen MR) is 106 cm³/mol. The van der Waals surface area contributed by atoms with Crippen LogP contribution >= 0.6 is 11.3 Å². The van der Waals surface area contributed by atoms with Crippen LogP contribution in [0.3, 0.4) is 0 Å². The molecule has 27 heavy (non-hydrogen) atoms. The Kier molecular flexibility index (Phi) is 4.25. The molecule has 0 saturated heterocycles. The van der Waals surface area contributed by atoms with Crippen molar-refractivity contribution in [1.82, 2.24) is 10.2 Å². The SMILES string of the molecule is Cc1cc(-c2[nH]nc3c2[C@@H]([C@H](C)c2ccccc2)C(C#N)=C(N)O3)c(C)s1. The maximum absolute atomic E-state index is 9.81. The third-order valence-corrected chi connectivity index (χ3v) is 6.09. The van der Waals surface area contributed by atoms with Crippen molar-refractivity contribution in [3.05, 3.63) is 68.7 Å². The van der Waals surface area contributed by atoms with Crippen LogP contribution in [0.2, 0.25) is 0 Å². The summed E-state index contributed by atoms with van der Waals surface area (Å²) >= 11 is 1.74. The molecule has 0 aliphatic carbocycles. The van der Waals surface area contributed by atoms with E-state index in [1.165, 1.54) is 9.75 Å². The average Bonchev–Trinajstić information content (AvgIpc) is 3.22. The van der Waals surface area contributed by atoms with E-state index in [1.807, 2.05) is 18.2 Å². The second kappa shape index (κ2) is 6.60. The number of aromatic nitrogens is 2. The van der Waals surface area contributed by atoms with Gasteiger partial charge in [0.25, 0.3) is 0 Å². The molecule has 5 nitrogen and oxygen atoms in total. The molecule has 136 valence electrons. The molecule has 4 rings (SSSR count). The number of hydrogen-bond acceptors (Lipinski definition) is 5.